The molecule has 0 aromatic heterocycles. The second-order valence-electron chi connectivity index (χ2n) is 3.81. The van der Waals surface area contributed by atoms with Crippen molar-refractivity contribution in [3.05, 3.63) is 0 Å². The third kappa shape index (κ3) is 0.856. The average molecular weight is 142 g/mol. The quantitative estimate of drug-likeness (QED) is 0.516. The molecular weight excluding hydrogens is 128 g/mol. The lowest BCUT2D eigenvalue weighted by molar-refractivity contribution is -0.203. The van der Waals surface area contributed by atoms with Crippen molar-refractivity contribution < 1.29 is 5.21 Å². The van der Waals surface area contributed by atoms with Gasteiger partial charge in [0.2, 0.25) is 0 Å². The van der Waals surface area contributed by atoms with Crippen molar-refractivity contribution >= 4 is 0 Å². The summed E-state index contributed by atoms with van der Waals surface area (Å²) in [5.74, 6) is 0. The number of rotatable bonds is 0. The molecule has 0 aliphatic carbocycles. The molecule has 3 heteroatoms. The van der Waals surface area contributed by atoms with Crippen LogP contribution in [-0.2, 0) is 0 Å². The van der Waals surface area contributed by atoms with Crippen LogP contribution in [0.1, 0.15) is 6.42 Å². The van der Waals surface area contributed by atoms with Gasteiger partial charge in [0.1, 0.15) is 0 Å². The maximum absolute atomic E-state index is 8.97. The fraction of sp³-hybridized carbons (Fsp3) is 1.00. The fourth-order valence-electron chi connectivity index (χ4n) is 2.14. The predicted molar refractivity (Wildman–Crippen MR) is 37.9 cm³/mol. The van der Waals surface area contributed by atoms with E-state index in [1.54, 1.807) is 0 Å². The Bertz CT molecular complexity index is 137. The van der Waals surface area contributed by atoms with Gasteiger partial charge in [0, 0.05) is 25.0 Å². The van der Waals surface area contributed by atoms with Gasteiger partial charge in [-0.3, -0.25) is 0 Å². The number of nitrogens with zero attached hydrogens (tertiary/aromatic N) is 2. The minimum Gasteiger partial charge on any atom is -0.314 e. The normalized spacial score (nSPS) is 33.0. The Morgan fingerprint density at radius 3 is 2.40 bits per heavy atom. The van der Waals surface area contributed by atoms with Gasteiger partial charge in [-0.2, -0.15) is 5.06 Å². The predicted octanol–water partition coefficient (Wildman–Crippen LogP) is 0.0131. The van der Waals surface area contributed by atoms with Crippen LogP contribution in [0.15, 0.2) is 0 Å². The molecule has 58 valence electrons. The number of hydroxylamine groups is 2. The molecule has 0 amide bonds. The van der Waals surface area contributed by atoms with Crippen molar-refractivity contribution in [1.82, 2.24) is 9.96 Å². The number of likely N-dealkylation sites (tertiary alicyclic amines) is 1. The molecule has 10 heavy (non-hydrogen) atoms. The Kier molecular flexibility index (Phi) is 1.27. The molecule has 0 atom stereocenters. The second kappa shape index (κ2) is 1.94. The molecule has 0 unspecified atom stereocenters. The fourth-order valence-corrected chi connectivity index (χ4v) is 2.14. The van der Waals surface area contributed by atoms with E-state index in [2.05, 4.69) is 11.9 Å². The van der Waals surface area contributed by atoms with Crippen LogP contribution in [0, 0.1) is 5.41 Å². The van der Waals surface area contributed by atoms with Crippen molar-refractivity contribution in [3.63, 3.8) is 0 Å². The summed E-state index contributed by atoms with van der Waals surface area (Å²) in [4.78, 5) is 2.34. The maximum atomic E-state index is 8.97. The third-order valence-corrected chi connectivity index (χ3v) is 2.67. The third-order valence-electron chi connectivity index (χ3n) is 2.67. The minimum atomic E-state index is 0.462. The Labute approximate surface area is 61.2 Å². The van der Waals surface area contributed by atoms with Crippen molar-refractivity contribution in [2.24, 2.45) is 5.41 Å². The highest BCUT2D eigenvalue weighted by atomic mass is 16.5. The molecular formula is C7H14N2O. The summed E-state index contributed by atoms with van der Waals surface area (Å²) in [7, 11) is 2.15. The van der Waals surface area contributed by atoms with Gasteiger partial charge in [0.25, 0.3) is 0 Å². The molecule has 1 N–H and O–H groups in total. The zero-order valence-electron chi connectivity index (χ0n) is 6.38. The monoisotopic (exact) mass is 142 g/mol. The van der Waals surface area contributed by atoms with Crippen molar-refractivity contribution in [2.75, 3.05) is 33.2 Å². The molecule has 0 radical (unpaired) electrons. The maximum Gasteiger partial charge on any atom is 0.0320 e. The molecule has 1 spiro atoms. The van der Waals surface area contributed by atoms with E-state index in [-0.39, 0.29) is 0 Å². The first-order valence-electron chi connectivity index (χ1n) is 3.83. The summed E-state index contributed by atoms with van der Waals surface area (Å²) in [5, 5.41) is 10.4. The SMILES string of the molecule is CN1CCC2(C1)CN(O)C2. The Morgan fingerprint density at radius 2 is 2.00 bits per heavy atom. The minimum absolute atomic E-state index is 0.462. The van der Waals surface area contributed by atoms with E-state index in [1.165, 1.54) is 24.6 Å². The van der Waals surface area contributed by atoms with Gasteiger partial charge in [0.15, 0.2) is 0 Å². The van der Waals surface area contributed by atoms with E-state index >= 15 is 0 Å². The molecule has 2 saturated heterocycles. The lowest BCUT2D eigenvalue weighted by atomic mass is 9.81. The van der Waals surface area contributed by atoms with Crippen LogP contribution in [0.4, 0.5) is 0 Å². The lowest BCUT2D eigenvalue weighted by Crippen LogP contribution is -2.55. The van der Waals surface area contributed by atoms with Crippen LogP contribution in [0.25, 0.3) is 0 Å². The molecule has 0 aromatic rings. The molecule has 2 aliphatic heterocycles. The van der Waals surface area contributed by atoms with Crippen LogP contribution in [0.3, 0.4) is 0 Å². The molecule has 2 fully saturated rings. The van der Waals surface area contributed by atoms with Crippen LogP contribution in [0.2, 0.25) is 0 Å². The van der Waals surface area contributed by atoms with Crippen LogP contribution < -0.4 is 0 Å². The Hall–Kier alpha value is -0.120. The molecule has 2 aliphatic rings. The van der Waals surface area contributed by atoms with Gasteiger partial charge in [-0.05, 0) is 20.0 Å². The summed E-state index contributed by atoms with van der Waals surface area (Å²) >= 11 is 0. The highest BCUT2D eigenvalue weighted by Crippen LogP contribution is 2.37. The van der Waals surface area contributed by atoms with E-state index in [0.717, 1.165) is 13.1 Å². The van der Waals surface area contributed by atoms with Crippen LogP contribution in [0.5, 0.6) is 0 Å². The zero-order valence-corrected chi connectivity index (χ0v) is 6.38. The second-order valence-corrected chi connectivity index (χ2v) is 3.81. The van der Waals surface area contributed by atoms with Crippen LogP contribution >= 0.6 is 0 Å². The molecule has 3 nitrogen and oxygen atoms in total. The number of hydrogen-bond acceptors (Lipinski definition) is 3. The smallest absolute Gasteiger partial charge is 0.0320 e. The molecule has 0 saturated carbocycles. The lowest BCUT2D eigenvalue weighted by Gasteiger charge is -2.44. The summed E-state index contributed by atoms with van der Waals surface area (Å²) in [6.45, 7) is 4.15. The van der Waals surface area contributed by atoms with Gasteiger partial charge in [0.05, 0.1) is 0 Å². The molecule has 0 aromatic carbocycles. The van der Waals surface area contributed by atoms with E-state index in [9.17, 15) is 0 Å². The number of hydrogen-bond donors (Lipinski definition) is 1. The first kappa shape index (κ1) is 6.58. The van der Waals surface area contributed by atoms with Gasteiger partial charge in [-0.15, -0.1) is 0 Å². The van der Waals surface area contributed by atoms with Crippen molar-refractivity contribution in [3.8, 4) is 0 Å². The summed E-state index contributed by atoms with van der Waals surface area (Å²) < 4.78 is 0. The van der Waals surface area contributed by atoms with E-state index < -0.39 is 0 Å². The average Bonchev–Trinajstić information content (AvgIpc) is 2.10. The van der Waals surface area contributed by atoms with E-state index in [0.29, 0.717) is 5.41 Å². The van der Waals surface area contributed by atoms with Crippen molar-refractivity contribution in [2.45, 2.75) is 6.42 Å². The molecule has 0 bridgehead atoms. The van der Waals surface area contributed by atoms with Gasteiger partial charge in [-0.25, -0.2) is 0 Å². The van der Waals surface area contributed by atoms with E-state index in [1.807, 2.05) is 0 Å². The van der Waals surface area contributed by atoms with E-state index in [4.69, 9.17) is 5.21 Å². The Morgan fingerprint density at radius 1 is 1.30 bits per heavy atom. The van der Waals surface area contributed by atoms with Crippen LogP contribution in [-0.4, -0.2) is 48.4 Å². The first-order valence-corrected chi connectivity index (χ1v) is 3.83. The highest BCUT2D eigenvalue weighted by molar-refractivity contribution is 4.97. The summed E-state index contributed by atoms with van der Waals surface area (Å²) in [6, 6.07) is 0. The molecule has 2 rings (SSSR count). The summed E-state index contributed by atoms with van der Waals surface area (Å²) in [6.07, 6.45) is 1.26. The van der Waals surface area contributed by atoms with Gasteiger partial charge in [-0.1, -0.05) is 0 Å². The molecule has 2 heterocycles. The zero-order chi connectivity index (χ0) is 7.19. The topological polar surface area (TPSA) is 26.7 Å². The van der Waals surface area contributed by atoms with Crippen molar-refractivity contribution in [1.29, 1.82) is 0 Å². The van der Waals surface area contributed by atoms with Gasteiger partial charge < -0.3 is 10.1 Å². The largest absolute Gasteiger partial charge is 0.314 e. The first-order chi connectivity index (χ1) is 4.70. The highest BCUT2D eigenvalue weighted by Gasteiger charge is 2.46. The standard InChI is InChI=1S/C7H14N2O/c1-8-3-2-7(4-8)5-9(10)6-7/h10H,2-6H2,1H3. The van der Waals surface area contributed by atoms with Gasteiger partial charge >= 0.3 is 0 Å². The summed E-state index contributed by atoms with van der Waals surface area (Å²) in [5.41, 5.74) is 0.462. The Balaban J connectivity index is 1.95.